The lowest BCUT2D eigenvalue weighted by Crippen LogP contribution is -2.33. The van der Waals surface area contributed by atoms with Crippen LogP contribution in [-0.2, 0) is 0 Å². The molecule has 0 saturated heterocycles. The largest absolute Gasteiger partial charge is 0.443 e. The highest BCUT2D eigenvalue weighted by molar-refractivity contribution is 6.11. The number of fused-ring (bicyclic) bond motifs is 1. The summed E-state index contributed by atoms with van der Waals surface area (Å²) in [5.74, 6) is 1.98. The molecule has 0 radical (unpaired) electrons. The van der Waals surface area contributed by atoms with Crippen LogP contribution in [0.1, 0.15) is 28.8 Å². The Morgan fingerprint density at radius 3 is 2.33 bits per heavy atom. The molecule has 0 spiro atoms. The van der Waals surface area contributed by atoms with E-state index in [-0.39, 0.29) is 5.89 Å². The number of hydrogen-bond acceptors (Lipinski definition) is 13. The van der Waals surface area contributed by atoms with Crippen molar-refractivity contribution in [2.24, 2.45) is 0 Å². The van der Waals surface area contributed by atoms with E-state index in [9.17, 15) is 0 Å². The van der Waals surface area contributed by atoms with Gasteiger partial charge in [-0.25, -0.2) is 19.9 Å². The smallest absolute Gasteiger partial charge is 0.245 e. The van der Waals surface area contributed by atoms with Gasteiger partial charge in [-0.3, -0.25) is 19.9 Å². The zero-order valence-electron chi connectivity index (χ0n) is 25.4. The quantitative estimate of drug-likeness (QED) is 0.214. The molecule has 0 saturated carbocycles. The maximum absolute atomic E-state index is 5.92. The number of rotatable bonds is 7. The molecule has 9 rings (SSSR count). The molecule has 1 atom stereocenters. The fraction of sp³-hybridized carbons (Fsp3) is 0.0286. The first-order valence-electron chi connectivity index (χ1n) is 15.2. The minimum atomic E-state index is -0.654. The molecule has 234 valence electrons. The molecule has 8 aromatic heterocycles. The van der Waals surface area contributed by atoms with Gasteiger partial charge in [0.15, 0.2) is 5.82 Å². The van der Waals surface area contributed by atoms with Gasteiger partial charge in [0, 0.05) is 77.3 Å². The van der Waals surface area contributed by atoms with Gasteiger partial charge < -0.3 is 13.9 Å². The van der Waals surface area contributed by atoms with Crippen molar-refractivity contribution in [1.82, 2.24) is 55.2 Å². The lowest BCUT2D eigenvalue weighted by molar-refractivity contribution is 0.422. The van der Waals surface area contributed by atoms with Crippen molar-refractivity contribution < 1.29 is 8.94 Å². The van der Waals surface area contributed by atoms with Gasteiger partial charge in [0.05, 0.1) is 29.5 Å². The third-order valence-corrected chi connectivity index (χ3v) is 8.05. The standard InChI is InChI=1S/C35H22N12O2/c1-2-10-37-21(6-1)26-28(22-9-18-49-46-22)31(35-42-17-19-48-35)44-34-29(26)27(24-20-36-15-16-38-24)30(33-40-12-5-13-41-33)32(23-7-3-14-43-45-23)47(34)25-8-4-11-39-25/h1-20,32,39H. The van der Waals surface area contributed by atoms with E-state index < -0.39 is 6.04 Å². The Balaban J connectivity index is 1.55. The molecular formula is C35H22N12O2. The fourth-order valence-electron chi connectivity index (χ4n) is 6.19. The van der Waals surface area contributed by atoms with E-state index in [0.29, 0.717) is 67.9 Å². The number of nitrogens with zero attached hydrogens (tertiary/aromatic N) is 11. The summed E-state index contributed by atoms with van der Waals surface area (Å²) in [5, 5.41) is 13.3. The molecule has 0 amide bonds. The average Bonchev–Trinajstić information content (AvgIpc) is 4.00. The molecule has 14 heteroatoms. The lowest BCUT2D eigenvalue weighted by Gasteiger charge is -2.40. The molecule has 1 aliphatic rings. The van der Waals surface area contributed by atoms with Gasteiger partial charge in [-0.05, 0) is 42.5 Å². The maximum Gasteiger partial charge on any atom is 0.245 e. The van der Waals surface area contributed by atoms with Crippen molar-refractivity contribution in [1.29, 1.82) is 0 Å². The molecule has 1 aliphatic heterocycles. The van der Waals surface area contributed by atoms with Crippen LogP contribution in [0.25, 0.3) is 45.2 Å². The summed E-state index contributed by atoms with van der Waals surface area (Å²) >= 11 is 0. The average molecular weight is 643 g/mol. The van der Waals surface area contributed by atoms with E-state index in [1.807, 2.05) is 48.7 Å². The van der Waals surface area contributed by atoms with Crippen LogP contribution >= 0.6 is 0 Å². The second-order valence-corrected chi connectivity index (χ2v) is 10.8. The summed E-state index contributed by atoms with van der Waals surface area (Å²) in [6.45, 7) is 0. The summed E-state index contributed by atoms with van der Waals surface area (Å²) in [4.78, 5) is 39.1. The Bertz CT molecular complexity index is 2370. The first-order valence-corrected chi connectivity index (χ1v) is 15.2. The topological polar surface area (TPSA) is 174 Å². The van der Waals surface area contributed by atoms with Crippen molar-refractivity contribution in [3.63, 3.8) is 0 Å². The molecule has 0 aromatic carbocycles. The van der Waals surface area contributed by atoms with Crippen molar-refractivity contribution in [3.8, 4) is 34.1 Å². The second-order valence-electron chi connectivity index (χ2n) is 10.8. The minimum absolute atomic E-state index is 0.280. The van der Waals surface area contributed by atoms with E-state index in [0.717, 1.165) is 5.82 Å². The highest BCUT2D eigenvalue weighted by Gasteiger charge is 2.44. The van der Waals surface area contributed by atoms with Crippen LogP contribution in [0.5, 0.6) is 0 Å². The van der Waals surface area contributed by atoms with Crippen LogP contribution < -0.4 is 4.90 Å². The van der Waals surface area contributed by atoms with Crippen LogP contribution in [0, 0.1) is 0 Å². The van der Waals surface area contributed by atoms with Crippen molar-refractivity contribution in [3.05, 3.63) is 146 Å². The number of oxazole rings is 1. The van der Waals surface area contributed by atoms with Gasteiger partial charge in [-0.2, -0.15) is 10.2 Å². The number of anilines is 2. The monoisotopic (exact) mass is 642 g/mol. The second kappa shape index (κ2) is 11.9. The molecule has 1 N–H and O–H groups in total. The van der Waals surface area contributed by atoms with Gasteiger partial charge in [0.2, 0.25) is 5.89 Å². The first-order chi connectivity index (χ1) is 24.4. The Labute approximate surface area is 277 Å². The Hall–Kier alpha value is -7.22. The number of H-pyrrole nitrogens is 1. The SMILES string of the molecule is c1ccc(-c2c3c(nc(-c4ncco4)c2-c2ccon2)N(c2ccc[nH]2)C(c2cccnn2)C(c2ncccn2)=C3c2cnccn2)nc1. The van der Waals surface area contributed by atoms with Gasteiger partial charge in [-0.15, -0.1) is 0 Å². The molecule has 9 heterocycles. The van der Waals surface area contributed by atoms with Crippen LogP contribution in [-0.4, -0.2) is 55.2 Å². The van der Waals surface area contributed by atoms with E-state index in [2.05, 4.69) is 35.2 Å². The third-order valence-electron chi connectivity index (χ3n) is 8.05. The number of nitrogens with one attached hydrogen (secondary N) is 1. The first kappa shape index (κ1) is 28.0. The predicted octanol–water partition coefficient (Wildman–Crippen LogP) is 6.00. The van der Waals surface area contributed by atoms with Gasteiger partial charge in [0.1, 0.15) is 41.6 Å². The van der Waals surface area contributed by atoms with Crippen molar-refractivity contribution in [2.75, 3.05) is 4.90 Å². The van der Waals surface area contributed by atoms with Crippen LogP contribution in [0.2, 0.25) is 0 Å². The van der Waals surface area contributed by atoms with Gasteiger partial charge in [-0.1, -0.05) is 11.2 Å². The molecule has 0 fully saturated rings. The summed E-state index contributed by atoms with van der Waals surface area (Å²) in [7, 11) is 0. The number of aromatic amines is 1. The molecule has 0 aliphatic carbocycles. The van der Waals surface area contributed by atoms with E-state index in [1.165, 1.54) is 12.5 Å². The molecule has 1 unspecified atom stereocenters. The number of pyridine rings is 2. The Morgan fingerprint density at radius 2 is 1.61 bits per heavy atom. The highest BCUT2D eigenvalue weighted by atomic mass is 16.5. The number of aromatic nitrogens is 11. The molecule has 8 aromatic rings. The summed E-state index contributed by atoms with van der Waals surface area (Å²) in [6, 6.07) is 16.2. The van der Waals surface area contributed by atoms with Crippen LogP contribution in [0.15, 0.2) is 132 Å². The summed E-state index contributed by atoms with van der Waals surface area (Å²) in [5.41, 5.74) is 6.03. The maximum atomic E-state index is 5.92. The fourth-order valence-corrected chi connectivity index (χ4v) is 6.19. The minimum Gasteiger partial charge on any atom is -0.443 e. The number of hydrogen-bond donors (Lipinski definition) is 1. The summed E-state index contributed by atoms with van der Waals surface area (Å²) < 4.78 is 11.3. The van der Waals surface area contributed by atoms with E-state index in [4.69, 9.17) is 33.9 Å². The molecule has 0 bridgehead atoms. The lowest BCUT2D eigenvalue weighted by atomic mass is 9.81. The van der Waals surface area contributed by atoms with Gasteiger partial charge >= 0.3 is 0 Å². The predicted molar refractivity (Wildman–Crippen MR) is 176 cm³/mol. The normalized spacial score (nSPS) is 14.2. The van der Waals surface area contributed by atoms with E-state index in [1.54, 1.807) is 61.7 Å². The zero-order valence-corrected chi connectivity index (χ0v) is 25.4. The Kier molecular flexibility index (Phi) is 6.78. The molecule has 49 heavy (non-hydrogen) atoms. The zero-order chi connectivity index (χ0) is 32.6. The summed E-state index contributed by atoms with van der Waals surface area (Å²) in [6.07, 6.45) is 18.2. The third kappa shape index (κ3) is 4.74. The van der Waals surface area contributed by atoms with Crippen LogP contribution in [0.4, 0.5) is 11.6 Å². The van der Waals surface area contributed by atoms with E-state index >= 15 is 0 Å². The molecular weight excluding hydrogens is 620 g/mol. The Morgan fingerprint density at radius 1 is 0.694 bits per heavy atom. The van der Waals surface area contributed by atoms with Gasteiger partial charge in [0.25, 0.3) is 0 Å². The van der Waals surface area contributed by atoms with Crippen LogP contribution in [0.3, 0.4) is 0 Å². The highest BCUT2D eigenvalue weighted by Crippen LogP contribution is 2.56. The van der Waals surface area contributed by atoms with Crippen molar-refractivity contribution in [2.45, 2.75) is 6.04 Å². The van der Waals surface area contributed by atoms with Crippen molar-refractivity contribution >= 4 is 22.8 Å². The molecule has 14 nitrogen and oxygen atoms in total.